The second-order valence-electron chi connectivity index (χ2n) is 3.35. The minimum absolute atomic E-state index is 0.159. The van der Waals surface area contributed by atoms with Gasteiger partial charge in [0, 0.05) is 12.5 Å². The molecule has 1 aromatic carbocycles. The van der Waals surface area contributed by atoms with E-state index >= 15 is 0 Å². The highest BCUT2D eigenvalue weighted by Crippen LogP contribution is 2.26. The lowest BCUT2D eigenvalue weighted by Gasteiger charge is -1.95. The largest absolute Gasteiger partial charge is 0.405 e. The van der Waals surface area contributed by atoms with Gasteiger partial charge in [-0.2, -0.15) is 0 Å². The first-order valence-electron chi connectivity index (χ1n) is 4.88. The van der Waals surface area contributed by atoms with Crippen LogP contribution in [0.25, 0.3) is 11.5 Å². The Bertz CT molecular complexity index is 502. The SMILES string of the molecule is CC(=O)Oc1oc(-c2ccccc2)nc1C. The molecule has 0 radical (unpaired) electrons. The maximum Gasteiger partial charge on any atom is 0.316 e. The molecule has 4 heteroatoms. The van der Waals surface area contributed by atoms with E-state index in [1.165, 1.54) is 6.92 Å². The summed E-state index contributed by atoms with van der Waals surface area (Å²) in [7, 11) is 0. The Morgan fingerprint density at radius 3 is 2.62 bits per heavy atom. The molecule has 2 rings (SSSR count). The molecule has 0 aliphatic carbocycles. The number of aromatic nitrogens is 1. The minimum Gasteiger partial charge on any atom is -0.405 e. The molecule has 0 unspecified atom stereocenters. The number of carbonyl (C=O) groups excluding carboxylic acids is 1. The Kier molecular flexibility index (Phi) is 2.72. The molecule has 82 valence electrons. The van der Waals surface area contributed by atoms with Crippen LogP contribution in [0.15, 0.2) is 34.7 Å². The summed E-state index contributed by atoms with van der Waals surface area (Å²) in [6.45, 7) is 3.05. The molecule has 0 spiro atoms. The second-order valence-corrected chi connectivity index (χ2v) is 3.35. The van der Waals surface area contributed by atoms with Gasteiger partial charge >= 0.3 is 11.9 Å². The van der Waals surface area contributed by atoms with Gasteiger partial charge in [0.05, 0.1) is 0 Å². The van der Waals surface area contributed by atoms with Crippen LogP contribution in [0.4, 0.5) is 0 Å². The number of ether oxygens (including phenoxy) is 1. The fourth-order valence-corrected chi connectivity index (χ4v) is 1.31. The summed E-state index contributed by atoms with van der Waals surface area (Å²) < 4.78 is 10.2. The maximum absolute atomic E-state index is 10.8. The Morgan fingerprint density at radius 2 is 2.00 bits per heavy atom. The van der Waals surface area contributed by atoms with Crippen LogP contribution in [-0.2, 0) is 4.79 Å². The molecule has 2 aromatic rings. The van der Waals surface area contributed by atoms with E-state index in [4.69, 9.17) is 9.15 Å². The lowest BCUT2D eigenvalue weighted by Crippen LogP contribution is -2.01. The van der Waals surface area contributed by atoms with E-state index in [0.717, 1.165) is 5.56 Å². The highest BCUT2D eigenvalue weighted by Gasteiger charge is 2.13. The van der Waals surface area contributed by atoms with E-state index in [0.29, 0.717) is 11.6 Å². The third-order valence-corrected chi connectivity index (χ3v) is 2.01. The number of oxazole rings is 1. The van der Waals surface area contributed by atoms with Gasteiger partial charge in [0.25, 0.3) is 0 Å². The number of nitrogens with zero attached hydrogens (tertiary/aromatic N) is 1. The number of benzene rings is 1. The molecule has 0 atom stereocenters. The number of hydrogen-bond acceptors (Lipinski definition) is 4. The topological polar surface area (TPSA) is 52.3 Å². The zero-order valence-electron chi connectivity index (χ0n) is 9.06. The molecule has 0 N–H and O–H groups in total. The third kappa shape index (κ3) is 2.11. The summed E-state index contributed by atoms with van der Waals surface area (Å²) in [5.74, 6) is 0.194. The molecule has 0 amide bonds. The second kappa shape index (κ2) is 4.18. The first kappa shape index (κ1) is 10.4. The molecule has 0 fully saturated rings. The van der Waals surface area contributed by atoms with Crippen molar-refractivity contribution < 1.29 is 13.9 Å². The Hall–Kier alpha value is -2.10. The van der Waals surface area contributed by atoms with Gasteiger partial charge in [-0.3, -0.25) is 4.79 Å². The Labute approximate surface area is 92.9 Å². The van der Waals surface area contributed by atoms with Gasteiger partial charge in [-0.05, 0) is 19.1 Å². The molecule has 1 heterocycles. The highest BCUT2D eigenvalue weighted by atomic mass is 16.6. The molecule has 0 aliphatic rings. The summed E-state index contributed by atoms with van der Waals surface area (Å²) >= 11 is 0. The molecule has 0 saturated heterocycles. The molecule has 0 saturated carbocycles. The summed E-state index contributed by atoms with van der Waals surface area (Å²) in [6.07, 6.45) is 0. The van der Waals surface area contributed by atoms with Gasteiger partial charge in [-0.25, -0.2) is 4.98 Å². The van der Waals surface area contributed by atoms with E-state index in [9.17, 15) is 4.79 Å². The van der Waals surface area contributed by atoms with Gasteiger partial charge in [0.15, 0.2) is 0 Å². The molecule has 0 aliphatic heterocycles. The predicted molar refractivity (Wildman–Crippen MR) is 58.0 cm³/mol. The number of hydrogen-bond donors (Lipinski definition) is 0. The molecular formula is C12H11NO3. The predicted octanol–water partition coefficient (Wildman–Crippen LogP) is 2.58. The number of carbonyl (C=O) groups is 1. The van der Waals surface area contributed by atoms with Crippen molar-refractivity contribution in [1.29, 1.82) is 0 Å². The van der Waals surface area contributed by atoms with Gasteiger partial charge in [0.1, 0.15) is 5.69 Å². The van der Waals surface area contributed by atoms with Crippen molar-refractivity contribution in [3.8, 4) is 17.4 Å². The van der Waals surface area contributed by atoms with E-state index in [2.05, 4.69) is 4.98 Å². The van der Waals surface area contributed by atoms with E-state index in [1.54, 1.807) is 6.92 Å². The number of aryl methyl sites for hydroxylation is 1. The summed E-state index contributed by atoms with van der Waals surface area (Å²) in [5.41, 5.74) is 1.41. The zero-order chi connectivity index (χ0) is 11.5. The van der Waals surface area contributed by atoms with Crippen molar-refractivity contribution in [3.63, 3.8) is 0 Å². The van der Waals surface area contributed by atoms with Crippen LogP contribution < -0.4 is 4.74 Å². The lowest BCUT2D eigenvalue weighted by atomic mass is 10.2. The van der Waals surface area contributed by atoms with Crippen molar-refractivity contribution in [3.05, 3.63) is 36.0 Å². The van der Waals surface area contributed by atoms with Crippen molar-refractivity contribution in [2.75, 3.05) is 0 Å². The first-order valence-corrected chi connectivity index (χ1v) is 4.88. The van der Waals surface area contributed by atoms with Crippen LogP contribution in [0.2, 0.25) is 0 Å². The fraction of sp³-hybridized carbons (Fsp3) is 0.167. The monoisotopic (exact) mass is 217 g/mol. The summed E-state index contributed by atoms with van der Waals surface area (Å²) in [5, 5.41) is 0. The standard InChI is InChI=1S/C12H11NO3/c1-8-12(15-9(2)14)16-11(13-8)10-6-4-3-5-7-10/h3-7H,1-2H3. The van der Waals surface area contributed by atoms with Crippen molar-refractivity contribution in [1.82, 2.24) is 4.98 Å². The lowest BCUT2D eigenvalue weighted by molar-refractivity contribution is -0.133. The molecule has 16 heavy (non-hydrogen) atoms. The quantitative estimate of drug-likeness (QED) is 0.725. The first-order chi connectivity index (χ1) is 7.66. The van der Waals surface area contributed by atoms with Gasteiger partial charge in [-0.15, -0.1) is 0 Å². The Morgan fingerprint density at radius 1 is 1.31 bits per heavy atom. The van der Waals surface area contributed by atoms with E-state index in [1.807, 2.05) is 30.3 Å². The van der Waals surface area contributed by atoms with Gasteiger partial charge in [0.2, 0.25) is 5.89 Å². The average molecular weight is 217 g/mol. The van der Waals surface area contributed by atoms with Crippen molar-refractivity contribution in [2.45, 2.75) is 13.8 Å². The van der Waals surface area contributed by atoms with Crippen molar-refractivity contribution in [2.24, 2.45) is 0 Å². The third-order valence-electron chi connectivity index (χ3n) is 2.01. The van der Waals surface area contributed by atoms with Crippen LogP contribution in [0.5, 0.6) is 5.95 Å². The van der Waals surface area contributed by atoms with Gasteiger partial charge < -0.3 is 9.15 Å². The van der Waals surface area contributed by atoms with Crippen LogP contribution in [0, 0.1) is 6.92 Å². The average Bonchev–Trinajstić information content (AvgIpc) is 2.61. The fourth-order valence-electron chi connectivity index (χ4n) is 1.31. The minimum atomic E-state index is -0.418. The summed E-state index contributed by atoms with van der Waals surface area (Å²) in [4.78, 5) is 15.0. The molecule has 4 nitrogen and oxygen atoms in total. The summed E-state index contributed by atoms with van der Waals surface area (Å²) in [6, 6.07) is 9.44. The van der Waals surface area contributed by atoms with Crippen LogP contribution in [0.3, 0.4) is 0 Å². The van der Waals surface area contributed by atoms with Crippen LogP contribution in [-0.4, -0.2) is 11.0 Å². The van der Waals surface area contributed by atoms with E-state index < -0.39 is 5.97 Å². The molecule has 1 aromatic heterocycles. The van der Waals surface area contributed by atoms with Crippen molar-refractivity contribution >= 4 is 5.97 Å². The van der Waals surface area contributed by atoms with E-state index in [-0.39, 0.29) is 5.95 Å². The van der Waals surface area contributed by atoms with Gasteiger partial charge in [-0.1, -0.05) is 18.2 Å². The normalized spacial score (nSPS) is 10.1. The Balaban J connectivity index is 2.34. The molecule has 0 bridgehead atoms. The number of esters is 1. The maximum atomic E-state index is 10.8. The molecular weight excluding hydrogens is 206 g/mol. The van der Waals surface area contributed by atoms with Crippen LogP contribution >= 0.6 is 0 Å². The van der Waals surface area contributed by atoms with Crippen LogP contribution in [0.1, 0.15) is 12.6 Å². The number of rotatable bonds is 2. The highest BCUT2D eigenvalue weighted by molar-refractivity contribution is 5.69. The smallest absolute Gasteiger partial charge is 0.316 e. The zero-order valence-corrected chi connectivity index (χ0v) is 9.06.